The largest absolute Gasteiger partial charge is 0.371 e. The van der Waals surface area contributed by atoms with Gasteiger partial charge in [0.1, 0.15) is 0 Å². The molecule has 4 rings (SSSR count). The number of nitrogens with one attached hydrogen (secondary N) is 1. The highest BCUT2D eigenvalue weighted by atomic mass is 16.2. The molecule has 0 spiro atoms. The van der Waals surface area contributed by atoms with Gasteiger partial charge in [0.2, 0.25) is 0 Å². The lowest BCUT2D eigenvalue weighted by Crippen LogP contribution is -2.36. The normalized spacial score (nSPS) is 16.2. The van der Waals surface area contributed by atoms with Gasteiger partial charge in [-0.25, -0.2) is 4.79 Å². The number of amides is 2. The molecular formula is C18H19N3O. The van der Waals surface area contributed by atoms with E-state index < -0.39 is 0 Å². The van der Waals surface area contributed by atoms with Gasteiger partial charge in [-0.15, -0.1) is 0 Å². The van der Waals surface area contributed by atoms with Crippen molar-refractivity contribution in [1.29, 1.82) is 0 Å². The first-order chi connectivity index (χ1) is 10.8. The topological polar surface area (TPSA) is 35.6 Å². The summed E-state index contributed by atoms with van der Waals surface area (Å²) in [6.45, 7) is 3.65. The van der Waals surface area contributed by atoms with Crippen LogP contribution in [0.3, 0.4) is 0 Å². The van der Waals surface area contributed by atoms with Crippen LogP contribution in [-0.4, -0.2) is 24.0 Å². The molecule has 2 aromatic carbocycles. The molecule has 0 bridgehead atoms. The van der Waals surface area contributed by atoms with Gasteiger partial charge in [-0.2, -0.15) is 0 Å². The predicted molar refractivity (Wildman–Crippen MR) is 88.0 cm³/mol. The van der Waals surface area contributed by atoms with Gasteiger partial charge in [0.25, 0.3) is 0 Å². The van der Waals surface area contributed by atoms with Crippen LogP contribution in [0.15, 0.2) is 48.5 Å². The van der Waals surface area contributed by atoms with Gasteiger partial charge in [0, 0.05) is 37.6 Å². The van der Waals surface area contributed by atoms with E-state index in [4.69, 9.17) is 0 Å². The summed E-state index contributed by atoms with van der Waals surface area (Å²) in [7, 11) is 0. The zero-order valence-electron chi connectivity index (χ0n) is 12.5. The Kier molecular flexibility index (Phi) is 3.22. The summed E-state index contributed by atoms with van der Waals surface area (Å²) in [6, 6.07) is 16.3. The second kappa shape index (κ2) is 5.37. The van der Waals surface area contributed by atoms with Crippen molar-refractivity contribution in [3.05, 3.63) is 59.7 Å². The van der Waals surface area contributed by atoms with Gasteiger partial charge in [-0.3, -0.25) is 0 Å². The van der Waals surface area contributed by atoms with Crippen molar-refractivity contribution in [3.63, 3.8) is 0 Å². The highest BCUT2D eigenvalue weighted by Crippen LogP contribution is 2.25. The van der Waals surface area contributed by atoms with Crippen LogP contribution in [0.1, 0.15) is 17.5 Å². The van der Waals surface area contributed by atoms with Crippen LogP contribution in [-0.2, 0) is 13.1 Å². The zero-order valence-corrected chi connectivity index (χ0v) is 12.5. The monoisotopic (exact) mass is 293 g/mol. The van der Waals surface area contributed by atoms with Gasteiger partial charge < -0.3 is 15.1 Å². The van der Waals surface area contributed by atoms with Crippen LogP contribution in [0, 0.1) is 0 Å². The number of anilines is 2. The van der Waals surface area contributed by atoms with Gasteiger partial charge in [-0.05, 0) is 41.8 Å². The van der Waals surface area contributed by atoms with Crippen LogP contribution < -0.4 is 10.2 Å². The van der Waals surface area contributed by atoms with Crippen molar-refractivity contribution in [2.24, 2.45) is 0 Å². The number of carbonyl (C=O) groups excluding carboxylic acids is 1. The summed E-state index contributed by atoms with van der Waals surface area (Å²) in [4.78, 5) is 16.6. The van der Waals surface area contributed by atoms with Crippen molar-refractivity contribution in [2.75, 3.05) is 23.3 Å². The van der Waals surface area contributed by atoms with E-state index in [1.165, 1.54) is 23.2 Å². The first-order valence-electron chi connectivity index (χ1n) is 7.77. The molecule has 0 aliphatic carbocycles. The summed E-state index contributed by atoms with van der Waals surface area (Å²) in [5.41, 5.74) is 4.57. The summed E-state index contributed by atoms with van der Waals surface area (Å²) < 4.78 is 0. The van der Waals surface area contributed by atoms with Crippen molar-refractivity contribution in [2.45, 2.75) is 19.5 Å². The quantitative estimate of drug-likeness (QED) is 0.920. The third kappa shape index (κ3) is 2.41. The Morgan fingerprint density at radius 3 is 2.09 bits per heavy atom. The fraction of sp³-hybridized carbons (Fsp3) is 0.278. The first-order valence-corrected chi connectivity index (χ1v) is 7.77. The lowest BCUT2D eigenvalue weighted by Gasteiger charge is -2.33. The Labute approximate surface area is 130 Å². The van der Waals surface area contributed by atoms with Crippen molar-refractivity contribution in [1.82, 2.24) is 4.90 Å². The van der Waals surface area contributed by atoms with Gasteiger partial charge in [0.05, 0.1) is 0 Å². The SMILES string of the molecule is O=C(Nc1ccc(N2CCC2)cc1)N1Cc2ccccc2C1. The van der Waals surface area contributed by atoms with Crippen LogP contribution in [0.2, 0.25) is 0 Å². The molecule has 1 saturated heterocycles. The van der Waals surface area contributed by atoms with Gasteiger partial charge in [0.15, 0.2) is 0 Å². The second-order valence-corrected chi connectivity index (χ2v) is 5.94. The fourth-order valence-corrected chi connectivity index (χ4v) is 3.01. The molecule has 22 heavy (non-hydrogen) atoms. The summed E-state index contributed by atoms with van der Waals surface area (Å²) >= 11 is 0. The number of hydrogen-bond donors (Lipinski definition) is 1. The van der Waals surface area contributed by atoms with Crippen LogP contribution >= 0.6 is 0 Å². The average Bonchev–Trinajstić information content (AvgIpc) is 2.91. The number of carbonyl (C=O) groups is 1. The number of nitrogens with zero attached hydrogens (tertiary/aromatic N) is 2. The number of hydrogen-bond acceptors (Lipinski definition) is 2. The smallest absolute Gasteiger partial charge is 0.322 e. The van der Waals surface area contributed by atoms with E-state index in [1.807, 2.05) is 29.2 Å². The minimum absolute atomic E-state index is 0.0344. The van der Waals surface area contributed by atoms with Crippen molar-refractivity contribution in [3.8, 4) is 0 Å². The highest BCUT2D eigenvalue weighted by Gasteiger charge is 2.22. The Morgan fingerprint density at radius 1 is 0.909 bits per heavy atom. The standard InChI is InChI=1S/C18H19N3O/c22-18(21-12-14-4-1-2-5-15(14)13-21)19-16-6-8-17(9-7-16)20-10-3-11-20/h1-2,4-9H,3,10-13H2,(H,19,22). The van der Waals surface area contributed by atoms with Crippen LogP contribution in [0.25, 0.3) is 0 Å². The van der Waals surface area contributed by atoms with E-state index in [1.54, 1.807) is 0 Å². The number of fused-ring (bicyclic) bond motifs is 1. The molecule has 1 N–H and O–H groups in total. The number of benzene rings is 2. The molecule has 2 aromatic rings. The zero-order chi connectivity index (χ0) is 14.9. The fourth-order valence-electron chi connectivity index (χ4n) is 3.01. The highest BCUT2D eigenvalue weighted by molar-refractivity contribution is 5.89. The van der Waals surface area contributed by atoms with Gasteiger partial charge in [-0.1, -0.05) is 24.3 Å². The third-order valence-electron chi connectivity index (χ3n) is 4.47. The first kappa shape index (κ1) is 13.2. The summed E-state index contributed by atoms with van der Waals surface area (Å²) in [5.74, 6) is 0. The molecule has 0 unspecified atom stereocenters. The molecule has 0 atom stereocenters. The second-order valence-electron chi connectivity index (χ2n) is 5.94. The molecule has 112 valence electrons. The molecule has 0 radical (unpaired) electrons. The van der Waals surface area contributed by atoms with E-state index in [0.29, 0.717) is 13.1 Å². The Bertz CT molecular complexity index is 667. The molecular weight excluding hydrogens is 274 g/mol. The number of rotatable bonds is 2. The molecule has 2 heterocycles. The van der Waals surface area contributed by atoms with Crippen molar-refractivity contribution >= 4 is 17.4 Å². The van der Waals surface area contributed by atoms with Crippen LogP contribution in [0.4, 0.5) is 16.2 Å². The Hall–Kier alpha value is -2.49. The Morgan fingerprint density at radius 2 is 1.55 bits per heavy atom. The van der Waals surface area contributed by atoms with E-state index in [0.717, 1.165) is 18.8 Å². The van der Waals surface area contributed by atoms with E-state index in [-0.39, 0.29) is 6.03 Å². The maximum absolute atomic E-state index is 12.4. The lowest BCUT2D eigenvalue weighted by atomic mass is 10.1. The average molecular weight is 293 g/mol. The minimum Gasteiger partial charge on any atom is -0.371 e. The number of urea groups is 1. The summed E-state index contributed by atoms with van der Waals surface area (Å²) in [5, 5.41) is 2.99. The maximum atomic E-state index is 12.4. The molecule has 0 aromatic heterocycles. The van der Waals surface area contributed by atoms with E-state index in [9.17, 15) is 4.79 Å². The maximum Gasteiger partial charge on any atom is 0.322 e. The lowest BCUT2D eigenvalue weighted by molar-refractivity contribution is 0.212. The van der Waals surface area contributed by atoms with E-state index in [2.05, 4.69) is 34.5 Å². The van der Waals surface area contributed by atoms with Gasteiger partial charge >= 0.3 is 6.03 Å². The Balaban J connectivity index is 1.40. The van der Waals surface area contributed by atoms with Crippen molar-refractivity contribution < 1.29 is 4.79 Å². The molecule has 1 fully saturated rings. The van der Waals surface area contributed by atoms with E-state index >= 15 is 0 Å². The molecule has 4 heteroatoms. The minimum atomic E-state index is -0.0344. The molecule has 0 saturated carbocycles. The molecule has 4 nitrogen and oxygen atoms in total. The molecule has 2 amide bonds. The third-order valence-corrected chi connectivity index (χ3v) is 4.47. The predicted octanol–water partition coefficient (Wildman–Crippen LogP) is 3.44. The molecule has 2 aliphatic heterocycles. The van der Waals surface area contributed by atoms with Crippen LogP contribution in [0.5, 0.6) is 0 Å². The summed E-state index contributed by atoms with van der Waals surface area (Å²) in [6.07, 6.45) is 1.27. The molecule has 2 aliphatic rings.